The second kappa shape index (κ2) is 19.1. The number of nitrogens with zero attached hydrogens (tertiary/aromatic N) is 1. The first kappa shape index (κ1) is 23.8. The van der Waals surface area contributed by atoms with Crippen LogP contribution in [0.3, 0.4) is 0 Å². The molecule has 1 atom stereocenters. The van der Waals surface area contributed by atoms with E-state index in [-0.39, 0.29) is 5.91 Å². The van der Waals surface area contributed by atoms with Gasteiger partial charge in [-0.1, -0.05) is 77.4 Å². The van der Waals surface area contributed by atoms with Gasteiger partial charge in [0.25, 0.3) is 0 Å². The van der Waals surface area contributed by atoms with Gasteiger partial charge in [0.1, 0.15) is 0 Å². The van der Waals surface area contributed by atoms with Crippen molar-refractivity contribution in [2.24, 2.45) is 5.18 Å². The van der Waals surface area contributed by atoms with Crippen molar-refractivity contribution in [3.63, 3.8) is 0 Å². The minimum atomic E-state index is -0.560. The Balaban J connectivity index is 3.29. The van der Waals surface area contributed by atoms with Crippen LogP contribution in [-0.4, -0.2) is 12.1 Å². The summed E-state index contributed by atoms with van der Waals surface area (Å²) < 4.78 is 0. The van der Waals surface area contributed by atoms with Crippen LogP contribution in [-0.2, 0) is 4.79 Å². The summed E-state index contributed by atoms with van der Waals surface area (Å²) in [6.07, 6.45) is 21.4. The third-order valence-corrected chi connectivity index (χ3v) is 4.51. The molecular formula is C21H40N2O2. The molecule has 4 nitrogen and oxygen atoms in total. The SMILES string of the molecule is CCCCCCCCC=CCCCCCCCC(=O)NC(CC)N=O. The Morgan fingerprint density at radius 3 is 1.88 bits per heavy atom. The molecule has 25 heavy (non-hydrogen) atoms. The van der Waals surface area contributed by atoms with Gasteiger partial charge in [-0.25, -0.2) is 0 Å². The Hall–Kier alpha value is -1.19. The Labute approximate surface area is 155 Å². The van der Waals surface area contributed by atoms with E-state index in [1.807, 2.05) is 6.92 Å². The lowest BCUT2D eigenvalue weighted by atomic mass is 10.1. The van der Waals surface area contributed by atoms with E-state index in [2.05, 4.69) is 29.6 Å². The number of carbonyl (C=O) groups excluding carboxylic acids is 1. The summed E-state index contributed by atoms with van der Waals surface area (Å²) in [6, 6.07) is 0. The van der Waals surface area contributed by atoms with Crippen molar-refractivity contribution >= 4 is 5.91 Å². The van der Waals surface area contributed by atoms with Gasteiger partial charge in [-0.05, 0) is 43.7 Å². The fraction of sp³-hybridized carbons (Fsp3) is 0.857. The van der Waals surface area contributed by atoms with Gasteiger partial charge in [0.2, 0.25) is 5.91 Å². The van der Waals surface area contributed by atoms with Crippen LogP contribution < -0.4 is 5.32 Å². The smallest absolute Gasteiger partial charge is 0.221 e. The van der Waals surface area contributed by atoms with Crippen molar-refractivity contribution in [1.29, 1.82) is 0 Å². The second-order valence-electron chi connectivity index (χ2n) is 6.93. The van der Waals surface area contributed by atoms with Crippen molar-refractivity contribution < 1.29 is 4.79 Å². The predicted octanol–water partition coefficient (Wildman–Crippen LogP) is 6.64. The van der Waals surface area contributed by atoms with Crippen molar-refractivity contribution in [2.45, 2.75) is 116 Å². The summed E-state index contributed by atoms with van der Waals surface area (Å²) in [5, 5.41) is 5.52. The normalized spacial score (nSPS) is 12.4. The highest BCUT2D eigenvalue weighted by molar-refractivity contribution is 5.76. The first-order valence-electron chi connectivity index (χ1n) is 10.5. The van der Waals surface area contributed by atoms with Gasteiger partial charge in [0, 0.05) is 6.42 Å². The van der Waals surface area contributed by atoms with Crippen LogP contribution in [0.15, 0.2) is 17.3 Å². The molecule has 0 heterocycles. The number of rotatable bonds is 18. The zero-order chi connectivity index (χ0) is 18.6. The summed E-state index contributed by atoms with van der Waals surface area (Å²) in [5.41, 5.74) is 0. The largest absolute Gasteiger partial charge is 0.331 e. The summed E-state index contributed by atoms with van der Waals surface area (Å²) in [7, 11) is 0. The summed E-state index contributed by atoms with van der Waals surface area (Å²) in [6.45, 7) is 4.10. The minimum Gasteiger partial charge on any atom is -0.331 e. The lowest BCUT2D eigenvalue weighted by Crippen LogP contribution is -2.32. The van der Waals surface area contributed by atoms with Crippen molar-refractivity contribution in [1.82, 2.24) is 5.32 Å². The van der Waals surface area contributed by atoms with Gasteiger partial charge in [0.15, 0.2) is 6.17 Å². The van der Waals surface area contributed by atoms with E-state index in [0.717, 1.165) is 12.8 Å². The molecule has 1 N–H and O–H groups in total. The maximum absolute atomic E-state index is 11.6. The van der Waals surface area contributed by atoms with Crippen LogP contribution in [0.1, 0.15) is 110 Å². The Bertz CT molecular complexity index is 343. The van der Waals surface area contributed by atoms with Crippen molar-refractivity contribution in [2.75, 3.05) is 0 Å². The molecule has 1 amide bonds. The summed E-state index contributed by atoms with van der Waals surface area (Å²) in [4.78, 5) is 22.0. The van der Waals surface area contributed by atoms with E-state index >= 15 is 0 Å². The standard InChI is InChI=1S/C21H40N2O2/c1-3-5-6-7-8-9-10-11-12-13-14-15-16-17-18-19-21(24)22-20(4-2)23-25/h11-12,20H,3-10,13-19H2,1-2H3,(H,22,24). The number of hydrogen-bond donors (Lipinski definition) is 1. The fourth-order valence-corrected chi connectivity index (χ4v) is 2.82. The number of amides is 1. The fourth-order valence-electron chi connectivity index (χ4n) is 2.82. The van der Waals surface area contributed by atoms with Crippen LogP contribution in [0, 0.1) is 4.91 Å². The van der Waals surface area contributed by atoms with Crippen LogP contribution in [0.2, 0.25) is 0 Å². The van der Waals surface area contributed by atoms with Crippen LogP contribution in [0.25, 0.3) is 0 Å². The van der Waals surface area contributed by atoms with Crippen LogP contribution in [0.4, 0.5) is 0 Å². The van der Waals surface area contributed by atoms with E-state index in [9.17, 15) is 9.70 Å². The first-order chi connectivity index (χ1) is 12.2. The number of unbranched alkanes of at least 4 members (excludes halogenated alkanes) is 11. The monoisotopic (exact) mass is 352 g/mol. The maximum atomic E-state index is 11.6. The van der Waals surface area contributed by atoms with Gasteiger partial charge >= 0.3 is 0 Å². The molecule has 0 aliphatic rings. The van der Waals surface area contributed by atoms with Crippen LogP contribution >= 0.6 is 0 Å². The molecule has 0 spiro atoms. The zero-order valence-corrected chi connectivity index (χ0v) is 16.6. The van der Waals surface area contributed by atoms with Gasteiger partial charge in [-0.3, -0.25) is 4.79 Å². The zero-order valence-electron chi connectivity index (χ0n) is 16.6. The van der Waals surface area contributed by atoms with Crippen molar-refractivity contribution in [3.8, 4) is 0 Å². The van der Waals surface area contributed by atoms with E-state index in [1.54, 1.807) is 0 Å². The maximum Gasteiger partial charge on any atom is 0.221 e. The summed E-state index contributed by atoms with van der Waals surface area (Å²) >= 11 is 0. The minimum absolute atomic E-state index is 0.0518. The molecule has 0 saturated carbocycles. The second-order valence-corrected chi connectivity index (χ2v) is 6.93. The van der Waals surface area contributed by atoms with Crippen molar-refractivity contribution in [3.05, 3.63) is 17.1 Å². The first-order valence-corrected chi connectivity index (χ1v) is 10.5. The average molecular weight is 353 g/mol. The quantitative estimate of drug-likeness (QED) is 0.171. The molecule has 0 aromatic carbocycles. The van der Waals surface area contributed by atoms with Gasteiger partial charge in [-0.15, -0.1) is 4.91 Å². The molecule has 0 bridgehead atoms. The van der Waals surface area contributed by atoms with E-state index in [1.165, 1.54) is 70.6 Å². The molecule has 0 radical (unpaired) electrons. The van der Waals surface area contributed by atoms with E-state index < -0.39 is 6.17 Å². The Morgan fingerprint density at radius 1 is 0.840 bits per heavy atom. The molecular weight excluding hydrogens is 312 g/mol. The Morgan fingerprint density at radius 2 is 1.36 bits per heavy atom. The predicted molar refractivity (Wildman–Crippen MR) is 107 cm³/mol. The number of hydrogen-bond acceptors (Lipinski definition) is 3. The van der Waals surface area contributed by atoms with Gasteiger partial charge in [0.05, 0.1) is 0 Å². The van der Waals surface area contributed by atoms with E-state index in [4.69, 9.17) is 0 Å². The molecule has 0 fully saturated rings. The van der Waals surface area contributed by atoms with Gasteiger partial charge < -0.3 is 5.32 Å². The number of nitrogens with one attached hydrogen (secondary N) is 1. The molecule has 0 aromatic rings. The molecule has 0 rings (SSSR count). The number of carbonyl (C=O) groups is 1. The molecule has 0 aliphatic carbocycles. The molecule has 0 saturated heterocycles. The molecule has 4 heteroatoms. The van der Waals surface area contributed by atoms with Gasteiger partial charge in [-0.2, -0.15) is 0 Å². The average Bonchev–Trinajstić information content (AvgIpc) is 2.62. The molecule has 0 aliphatic heterocycles. The summed E-state index contributed by atoms with van der Waals surface area (Å²) in [5.74, 6) is -0.0518. The topological polar surface area (TPSA) is 58.5 Å². The highest BCUT2D eigenvalue weighted by Gasteiger charge is 2.08. The van der Waals surface area contributed by atoms with E-state index in [0.29, 0.717) is 12.8 Å². The number of nitroso groups, excluding NO2 is 1. The highest BCUT2D eigenvalue weighted by Crippen LogP contribution is 2.10. The molecule has 146 valence electrons. The molecule has 0 aromatic heterocycles. The third kappa shape index (κ3) is 17.4. The lowest BCUT2D eigenvalue weighted by Gasteiger charge is -2.08. The third-order valence-electron chi connectivity index (χ3n) is 4.51. The Kier molecular flexibility index (Phi) is 18.2. The number of allylic oxidation sites excluding steroid dienone is 2. The molecule has 1 unspecified atom stereocenters. The van der Waals surface area contributed by atoms with Crippen LogP contribution in [0.5, 0.6) is 0 Å². The highest BCUT2D eigenvalue weighted by atomic mass is 16.3. The lowest BCUT2D eigenvalue weighted by molar-refractivity contribution is -0.121.